The van der Waals surface area contributed by atoms with Gasteiger partial charge in [-0.2, -0.15) is 4.72 Å². The normalized spacial score (nSPS) is 14.2. The summed E-state index contributed by atoms with van der Waals surface area (Å²) < 4.78 is 32.6. The summed E-state index contributed by atoms with van der Waals surface area (Å²) >= 11 is 6.69. The van der Waals surface area contributed by atoms with Crippen molar-refractivity contribution < 1.29 is 17.9 Å². The molecule has 0 unspecified atom stereocenters. The van der Waals surface area contributed by atoms with Crippen molar-refractivity contribution in [3.8, 4) is 0 Å². The molecule has 0 fully saturated rings. The third-order valence-electron chi connectivity index (χ3n) is 2.42. The summed E-state index contributed by atoms with van der Waals surface area (Å²) in [7, 11) is -3.80. The second-order valence-corrected chi connectivity index (χ2v) is 9.59. The third kappa shape index (κ3) is 5.58. The molecule has 120 valence electrons. The molecule has 8 heteroatoms. The van der Waals surface area contributed by atoms with Gasteiger partial charge in [-0.25, -0.2) is 8.42 Å². The molecule has 0 aliphatic heterocycles. The molecular formula is C13H20ClNO4S2. The molecule has 0 aromatic carbocycles. The minimum absolute atomic E-state index is 0.0710. The van der Waals surface area contributed by atoms with E-state index in [2.05, 4.69) is 4.72 Å². The number of hydrogen-bond donors (Lipinski definition) is 1. The van der Waals surface area contributed by atoms with Crippen LogP contribution in [0.1, 0.15) is 34.6 Å². The van der Waals surface area contributed by atoms with Gasteiger partial charge in [0.05, 0.1) is 4.34 Å². The Kier molecular flexibility index (Phi) is 5.83. The molecule has 1 atom stereocenters. The minimum Gasteiger partial charge on any atom is -0.459 e. The molecule has 5 nitrogen and oxygen atoms in total. The van der Waals surface area contributed by atoms with Gasteiger partial charge < -0.3 is 4.74 Å². The van der Waals surface area contributed by atoms with Gasteiger partial charge in [0.25, 0.3) is 10.0 Å². The van der Waals surface area contributed by atoms with Gasteiger partial charge >= 0.3 is 5.97 Å². The summed E-state index contributed by atoms with van der Waals surface area (Å²) in [6.07, 6.45) is 0. The Bertz CT molecular complexity index is 602. The highest BCUT2D eigenvalue weighted by Crippen LogP contribution is 2.26. The van der Waals surface area contributed by atoms with Crippen LogP contribution < -0.4 is 4.72 Å². The van der Waals surface area contributed by atoms with Crippen molar-refractivity contribution in [1.29, 1.82) is 0 Å². The predicted octanol–water partition coefficient (Wildman–Crippen LogP) is 3.05. The molecular weight excluding hydrogens is 334 g/mol. The van der Waals surface area contributed by atoms with Crippen molar-refractivity contribution in [3.63, 3.8) is 0 Å². The van der Waals surface area contributed by atoms with Crippen LogP contribution in [0.15, 0.2) is 16.3 Å². The molecule has 0 amide bonds. The summed E-state index contributed by atoms with van der Waals surface area (Å²) in [5, 5.41) is 0. The highest BCUT2D eigenvalue weighted by atomic mass is 35.5. The quantitative estimate of drug-likeness (QED) is 0.826. The number of sulfonamides is 1. The first-order valence-corrected chi connectivity index (χ1v) is 9.10. The van der Waals surface area contributed by atoms with E-state index in [1.54, 1.807) is 34.6 Å². The van der Waals surface area contributed by atoms with E-state index >= 15 is 0 Å². The number of halogens is 1. The van der Waals surface area contributed by atoms with Gasteiger partial charge in [-0.1, -0.05) is 25.4 Å². The fourth-order valence-electron chi connectivity index (χ4n) is 1.49. The Morgan fingerprint density at radius 1 is 1.33 bits per heavy atom. The second kappa shape index (κ2) is 6.64. The van der Waals surface area contributed by atoms with E-state index in [4.69, 9.17) is 16.3 Å². The Balaban J connectivity index is 2.96. The molecule has 0 spiro atoms. The fraction of sp³-hybridized carbons (Fsp3) is 0.615. The topological polar surface area (TPSA) is 72.5 Å². The largest absolute Gasteiger partial charge is 0.459 e. The number of thiophene rings is 1. The zero-order valence-corrected chi connectivity index (χ0v) is 15.0. The fourth-order valence-corrected chi connectivity index (χ4v) is 4.32. The Morgan fingerprint density at radius 3 is 2.29 bits per heavy atom. The molecule has 0 bridgehead atoms. The van der Waals surface area contributed by atoms with E-state index in [1.807, 2.05) is 0 Å². The maximum Gasteiger partial charge on any atom is 0.324 e. The lowest BCUT2D eigenvalue weighted by Gasteiger charge is -2.26. The lowest BCUT2D eigenvalue weighted by atomic mass is 10.1. The number of hydrogen-bond acceptors (Lipinski definition) is 5. The molecule has 0 radical (unpaired) electrons. The third-order valence-corrected chi connectivity index (χ3v) is 5.59. The van der Waals surface area contributed by atoms with Crippen LogP contribution >= 0.6 is 22.9 Å². The molecule has 1 rings (SSSR count). The van der Waals surface area contributed by atoms with Crippen LogP contribution in [0.3, 0.4) is 0 Å². The number of rotatable bonds is 5. The maximum atomic E-state index is 12.3. The van der Waals surface area contributed by atoms with Crippen LogP contribution in [0, 0.1) is 5.92 Å². The number of ether oxygens (including phenoxy) is 1. The first-order valence-electron chi connectivity index (χ1n) is 6.43. The average molecular weight is 354 g/mol. The van der Waals surface area contributed by atoms with E-state index < -0.39 is 27.6 Å². The molecule has 0 saturated heterocycles. The molecule has 1 aromatic rings. The van der Waals surface area contributed by atoms with Crippen LogP contribution in [-0.4, -0.2) is 26.0 Å². The Hall–Kier alpha value is -0.630. The van der Waals surface area contributed by atoms with E-state index in [1.165, 1.54) is 12.1 Å². The minimum atomic E-state index is -3.80. The summed E-state index contributed by atoms with van der Waals surface area (Å²) in [6.45, 7) is 8.69. The maximum absolute atomic E-state index is 12.3. The summed E-state index contributed by atoms with van der Waals surface area (Å²) in [6, 6.07) is 1.95. The molecule has 0 saturated carbocycles. The van der Waals surface area contributed by atoms with Crippen molar-refractivity contribution in [2.75, 3.05) is 0 Å². The Labute approximate surface area is 134 Å². The van der Waals surface area contributed by atoms with Gasteiger partial charge in [-0.3, -0.25) is 4.79 Å². The van der Waals surface area contributed by atoms with Gasteiger partial charge in [0, 0.05) is 0 Å². The van der Waals surface area contributed by atoms with Crippen LogP contribution in [0.2, 0.25) is 4.34 Å². The molecule has 0 aliphatic rings. The van der Waals surface area contributed by atoms with Gasteiger partial charge in [0.2, 0.25) is 0 Å². The van der Waals surface area contributed by atoms with Gasteiger partial charge in [0.1, 0.15) is 15.9 Å². The number of nitrogens with one attached hydrogen (secondary N) is 1. The van der Waals surface area contributed by atoms with Gasteiger partial charge in [-0.15, -0.1) is 11.3 Å². The van der Waals surface area contributed by atoms with Crippen molar-refractivity contribution in [2.24, 2.45) is 5.92 Å². The molecule has 1 N–H and O–H groups in total. The average Bonchev–Trinajstić information content (AvgIpc) is 2.70. The SMILES string of the molecule is CC(C)[C@H](NS(=O)(=O)c1ccc(Cl)s1)C(=O)OC(C)(C)C. The smallest absolute Gasteiger partial charge is 0.324 e. The molecule has 21 heavy (non-hydrogen) atoms. The molecule has 1 aromatic heterocycles. The van der Waals surface area contributed by atoms with Crippen molar-refractivity contribution in [1.82, 2.24) is 4.72 Å². The second-order valence-electron chi connectivity index (χ2n) is 5.93. The van der Waals surface area contributed by atoms with Crippen LogP contribution in [0.4, 0.5) is 0 Å². The zero-order valence-electron chi connectivity index (χ0n) is 12.6. The van der Waals surface area contributed by atoms with Crippen LogP contribution in [0.5, 0.6) is 0 Å². The highest BCUT2D eigenvalue weighted by Gasteiger charge is 2.32. The summed E-state index contributed by atoms with van der Waals surface area (Å²) in [5.74, 6) is -0.839. The summed E-state index contributed by atoms with van der Waals surface area (Å²) in [4.78, 5) is 12.1. The van der Waals surface area contributed by atoms with Crippen molar-refractivity contribution >= 4 is 38.9 Å². The molecule has 0 aliphatic carbocycles. The predicted molar refractivity (Wildman–Crippen MR) is 84.1 cm³/mol. The van der Waals surface area contributed by atoms with E-state index in [0.29, 0.717) is 4.34 Å². The lowest BCUT2D eigenvalue weighted by Crippen LogP contribution is -2.47. The van der Waals surface area contributed by atoms with E-state index in [0.717, 1.165) is 11.3 Å². The number of esters is 1. The monoisotopic (exact) mass is 353 g/mol. The highest BCUT2D eigenvalue weighted by molar-refractivity contribution is 7.91. The standard InChI is InChI=1S/C13H20ClNO4S2/c1-8(2)11(12(16)19-13(3,4)5)15-21(17,18)10-7-6-9(14)20-10/h6-8,11,15H,1-5H3/t11-/m0/s1. The van der Waals surface area contributed by atoms with Crippen LogP contribution in [-0.2, 0) is 19.6 Å². The number of carbonyl (C=O) groups excluding carboxylic acids is 1. The lowest BCUT2D eigenvalue weighted by molar-refractivity contribution is -0.158. The first kappa shape index (κ1) is 18.4. The van der Waals surface area contributed by atoms with Gasteiger partial charge in [-0.05, 0) is 38.8 Å². The van der Waals surface area contributed by atoms with E-state index in [9.17, 15) is 13.2 Å². The first-order chi connectivity index (χ1) is 9.42. The Morgan fingerprint density at radius 2 is 1.90 bits per heavy atom. The van der Waals surface area contributed by atoms with Crippen molar-refractivity contribution in [3.05, 3.63) is 16.5 Å². The van der Waals surface area contributed by atoms with Gasteiger partial charge in [0.15, 0.2) is 0 Å². The summed E-state index contributed by atoms with van der Waals surface area (Å²) in [5.41, 5.74) is -0.679. The van der Waals surface area contributed by atoms with E-state index in [-0.39, 0.29) is 10.1 Å². The van der Waals surface area contributed by atoms with Crippen molar-refractivity contribution in [2.45, 2.75) is 50.5 Å². The molecule has 1 heterocycles. The number of carbonyl (C=O) groups is 1. The van der Waals surface area contributed by atoms with Crippen LogP contribution in [0.25, 0.3) is 0 Å². The zero-order chi connectivity index (χ0) is 16.4.